The van der Waals surface area contributed by atoms with Crippen LogP contribution < -0.4 is 5.32 Å². The van der Waals surface area contributed by atoms with E-state index >= 15 is 0 Å². The number of hydrogen-bond acceptors (Lipinski definition) is 4. The molecular weight excluding hydrogens is 238 g/mol. The molecule has 0 bridgehead atoms. The first-order valence-corrected chi connectivity index (χ1v) is 6.70. The van der Waals surface area contributed by atoms with Gasteiger partial charge in [-0.05, 0) is 30.7 Å². The molecule has 1 aliphatic rings. The molecule has 0 radical (unpaired) electrons. The van der Waals surface area contributed by atoms with Crippen LogP contribution in [-0.4, -0.2) is 36.4 Å². The maximum atomic E-state index is 11.9. The summed E-state index contributed by atoms with van der Waals surface area (Å²) in [6, 6.07) is 1.57. The lowest BCUT2D eigenvalue weighted by molar-refractivity contribution is -0.0513. The van der Waals surface area contributed by atoms with Crippen molar-refractivity contribution in [1.82, 2.24) is 5.32 Å². The van der Waals surface area contributed by atoms with Crippen LogP contribution in [0.1, 0.15) is 29.6 Å². The van der Waals surface area contributed by atoms with E-state index in [1.54, 1.807) is 18.6 Å². The first kappa shape index (κ1) is 12.5. The van der Waals surface area contributed by atoms with Crippen LogP contribution in [0.2, 0.25) is 0 Å². The number of rotatable bonds is 3. The molecule has 17 heavy (non-hydrogen) atoms. The van der Waals surface area contributed by atoms with Crippen LogP contribution in [-0.2, 0) is 4.74 Å². The Morgan fingerprint density at radius 2 is 2.41 bits per heavy atom. The molecule has 2 rings (SSSR count). The second-order valence-corrected chi connectivity index (χ2v) is 5.07. The topological polar surface area (TPSA) is 58.6 Å². The fourth-order valence-corrected chi connectivity index (χ4v) is 2.84. The van der Waals surface area contributed by atoms with Crippen LogP contribution in [0.5, 0.6) is 0 Å². The minimum Gasteiger partial charge on any atom is -0.388 e. The lowest BCUT2D eigenvalue weighted by Gasteiger charge is -2.34. The predicted molar refractivity (Wildman–Crippen MR) is 66.2 cm³/mol. The molecule has 1 heterocycles. The summed E-state index contributed by atoms with van der Waals surface area (Å²) < 4.78 is 5.21. The van der Waals surface area contributed by atoms with Gasteiger partial charge in [-0.3, -0.25) is 4.79 Å². The zero-order valence-corrected chi connectivity index (χ0v) is 10.6. The number of carbonyl (C=O) groups excluding carboxylic acids is 1. The van der Waals surface area contributed by atoms with Crippen LogP contribution >= 0.6 is 11.3 Å². The molecule has 0 saturated heterocycles. The predicted octanol–water partition coefficient (Wildman–Crippen LogP) is 1.41. The Morgan fingerprint density at radius 3 is 3.06 bits per heavy atom. The molecule has 94 valence electrons. The quantitative estimate of drug-likeness (QED) is 0.858. The zero-order chi connectivity index (χ0) is 12.3. The molecule has 2 N–H and O–H groups in total. The number of hydrogen-bond donors (Lipinski definition) is 2. The van der Waals surface area contributed by atoms with Gasteiger partial charge in [-0.1, -0.05) is 0 Å². The van der Waals surface area contributed by atoms with Gasteiger partial charge in [0.15, 0.2) is 0 Å². The third-order valence-corrected chi connectivity index (χ3v) is 3.88. The summed E-state index contributed by atoms with van der Waals surface area (Å²) in [7, 11) is 1.59. The van der Waals surface area contributed by atoms with E-state index in [2.05, 4.69) is 5.32 Å². The highest BCUT2D eigenvalue weighted by atomic mass is 32.1. The molecule has 5 heteroatoms. The molecule has 0 aromatic carbocycles. The summed E-state index contributed by atoms with van der Waals surface area (Å²) in [6.45, 7) is 0. The van der Waals surface area contributed by atoms with Crippen LogP contribution in [0, 0.1) is 0 Å². The zero-order valence-electron chi connectivity index (χ0n) is 9.76. The Bertz CT molecular complexity index is 366. The Balaban J connectivity index is 1.96. The Kier molecular flexibility index (Phi) is 4.15. The first-order chi connectivity index (χ1) is 8.22. The minimum absolute atomic E-state index is 0.118. The van der Waals surface area contributed by atoms with Gasteiger partial charge in [-0.15, -0.1) is 0 Å². The number of thiophene rings is 1. The second kappa shape index (κ2) is 5.62. The van der Waals surface area contributed by atoms with E-state index in [0.717, 1.165) is 19.3 Å². The molecule has 1 saturated carbocycles. The van der Waals surface area contributed by atoms with E-state index in [1.165, 1.54) is 11.3 Å². The van der Waals surface area contributed by atoms with Crippen LogP contribution in [0.25, 0.3) is 0 Å². The molecule has 1 aromatic heterocycles. The van der Waals surface area contributed by atoms with Crippen molar-refractivity contribution in [2.75, 3.05) is 7.11 Å². The van der Waals surface area contributed by atoms with E-state index in [0.29, 0.717) is 5.56 Å². The van der Waals surface area contributed by atoms with Gasteiger partial charge in [0.2, 0.25) is 0 Å². The lowest BCUT2D eigenvalue weighted by atomic mass is 9.90. The molecular formula is C12H17NO3S. The Labute approximate surface area is 105 Å². The van der Waals surface area contributed by atoms with Crippen molar-refractivity contribution in [3.05, 3.63) is 22.4 Å². The molecule has 1 amide bonds. The maximum absolute atomic E-state index is 11.9. The summed E-state index contributed by atoms with van der Waals surface area (Å²) >= 11 is 1.49. The number of ether oxygens (including phenoxy) is 1. The summed E-state index contributed by atoms with van der Waals surface area (Å²) in [5.41, 5.74) is 0.654. The van der Waals surface area contributed by atoms with E-state index < -0.39 is 6.10 Å². The third kappa shape index (κ3) is 2.86. The van der Waals surface area contributed by atoms with Crippen molar-refractivity contribution >= 4 is 17.2 Å². The van der Waals surface area contributed by atoms with E-state index in [1.807, 2.05) is 5.38 Å². The van der Waals surface area contributed by atoms with Crippen LogP contribution in [0.4, 0.5) is 0 Å². The molecule has 4 nitrogen and oxygen atoms in total. The second-order valence-electron chi connectivity index (χ2n) is 4.29. The highest BCUT2D eigenvalue weighted by molar-refractivity contribution is 7.08. The minimum atomic E-state index is -0.615. The smallest absolute Gasteiger partial charge is 0.252 e. The number of methoxy groups -OCH3 is 1. The SMILES string of the molecule is CO[C@@H]1CCC[C@@H](NC(=O)c2ccsc2)[C@H]1O. The monoisotopic (exact) mass is 255 g/mol. The summed E-state index contributed by atoms with van der Waals surface area (Å²) in [6.07, 6.45) is 1.83. The summed E-state index contributed by atoms with van der Waals surface area (Å²) in [4.78, 5) is 11.9. The van der Waals surface area contributed by atoms with Crippen LogP contribution in [0.3, 0.4) is 0 Å². The standard InChI is InChI=1S/C12H17NO3S/c1-16-10-4-2-3-9(11(10)14)13-12(15)8-5-6-17-7-8/h5-7,9-11,14H,2-4H2,1H3,(H,13,15)/t9-,10-,11-/m1/s1. The number of aliphatic hydroxyl groups is 1. The van der Waals surface area contributed by atoms with Gasteiger partial charge in [0.05, 0.1) is 12.1 Å². The molecule has 0 unspecified atom stereocenters. The molecule has 0 spiro atoms. The number of amides is 1. The van der Waals surface area contributed by atoms with Gasteiger partial charge in [0.1, 0.15) is 6.10 Å². The lowest BCUT2D eigenvalue weighted by Crippen LogP contribution is -2.51. The van der Waals surface area contributed by atoms with Gasteiger partial charge in [0, 0.05) is 18.1 Å². The van der Waals surface area contributed by atoms with Gasteiger partial charge >= 0.3 is 0 Å². The normalized spacial score (nSPS) is 28.9. The van der Waals surface area contributed by atoms with Crippen molar-refractivity contribution in [2.45, 2.75) is 37.5 Å². The largest absolute Gasteiger partial charge is 0.388 e. The number of carbonyl (C=O) groups is 1. The maximum Gasteiger partial charge on any atom is 0.252 e. The van der Waals surface area contributed by atoms with Gasteiger partial charge in [-0.2, -0.15) is 11.3 Å². The average Bonchev–Trinajstić information content (AvgIpc) is 2.85. The van der Waals surface area contributed by atoms with Gasteiger partial charge < -0.3 is 15.2 Å². The average molecular weight is 255 g/mol. The third-order valence-electron chi connectivity index (χ3n) is 3.20. The molecule has 1 aromatic rings. The number of aliphatic hydroxyl groups excluding tert-OH is 1. The fourth-order valence-electron chi connectivity index (χ4n) is 2.20. The van der Waals surface area contributed by atoms with Gasteiger partial charge in [0.25, 0.3) is 5.91 Å². The Morgan fingerprint density at radius 1 is 1.59 bits per heavy atom. The summed E-state index contributed by atoms with van der Waals surface area (Å²) in [5.74, 6) is -0.118. The van der Waals surface area contributed by atoms with E-state index in [4.69, 9.17) is 4.74 Å². The van der Waals surface area contributed by atoms with Crippen molar-refractivity contribution in [2.24, 2.45) is 0 Å². The van der Waals surface area contributed by atoms with Gasteiger partial charge in [-0.25, -0.2) is 0 Å². The summed E-state index contributed by atoms with van der Waals surface area (Å²) in [5, 5.41) is 16.6. The van der Waals surface area contributed by atoms with E-state index in [-0.39, 0.29) is 18.1 Å². The van der Waals surface area contributed by atoms with Crippen LogP contribution in [0.15, 0.2) is 16.8 Å². The molecule has 3 atom stereocenters. The highest BCUT2D eigenvalue weighted by Gasteiger charge is 2.32. The van der Waals surface area contributed by atoms with Crippen molar-refractivity contribution in [3.63, 3.8) is 0 Å². The molecule has 1 aliphatic carbocycles. The van der Waals surface area contributed by atoms with Crippen molar-refractivity contribution < 1.29 is 14.6 Å². The fraction of sp³-hybridized carbons (Fsp3) is 0.583. The Hall–Kier alpha value is -0.910. The van der Waals surface area contributed by atoms with E-state index in [9.17, 15) is 9.90 Å². The molecule has 1 fully saturated rings. The highest BCUT2D eigenvalue weighted by Crippen LogP contribution is 2.21. The number of nitrogens with one attached hydrogen (secondary N) is 1. The first-order valence-electron chi connectivity index (χ1n) is 5.76. The van der Waals surface area contributed by atoms with Crippen molar-refractivity contribution in [3.8, 4) is 0 Å². The van der Waals surface area contributed by atoms with Crippen molar-refractivity contribution in [1.29, 1.82) is 0 Å². The molecule has 0 aliphatic heterocycles.